The van der Waals surface area contributed by atoms with E-state index in [0.717, 1.165) is 36.0 Å². The van der Waals surface area contributed by atoms with Crippen LogP contribution in [0.3, 0.4) is 0 Å². The van der Waals surface area contributed by atoms with Crippen LogP contribution in [-0.4, -0.2) is 9.55 Å². The lowest BCUT2D eigenvalue weighted by atomic mass is 10.1. The first-order valence-corrected chi connectivity index (χ1v) is 10.7. The first-order chi connectivity index (χ1) is 11.7. The van der Waals surface area contributed by atoms with Gasteiger partial charge in [-0.3, -0.25) is 9.36 Å². The fraction of sp³-hybridized carbons (Fsp3) is 0.684. The summed E-state index contributed by atoms with van der Waals surface area (Å²) < 4.78 is 2.40. The van der Waals surface area contributed by atoms with Crippen LogP contribution >= 0.6 is 23.6 Å². The molecule has 0 aliphatic heterocycles. The number of aromatic nitrogens is 2. The third kappa shape index (κ3) is 3.83. The Morgan fingerprint density at radius 2 is 1.83 bits per heavy atom. The average molecular weight is 365 g/mol. The lowest BCUT2D eigenvalue weighted by Gasteiger charge is -2.07. The molecule has 3 nitrogen and oxygen atoms in total. The Labute approximate surface area is 153 Å². The highest BCUT2D eigenvalue weighted by atomic mass is 32.1. The van der Waals surface area contributed by atoms with Gasteiger partial charge in [-0.25, -0.2) is 0 Å². The molecule has 2 heterocycles. The molecular weight excluding hydrogens is 336 g/mol. The summed E-state index contributed by atoms with van der Waals surface area (Å²) in [7, 11) is 0. The van der Waals surface area contributed by atoms with E-state index in [0.29, 0.717) is 4.77 Å². The summed E-state index contributed by atoms with van der Waals surface area (Å²) in [6.45, 7) is 2.98. The van der Waals surface area contributed by atoms with Crippen molar-refractivity contribution in [3.63, 3.8) is 0 Å². The van der Waals surface area contributed by atoms with Crippen molar-refractivity contribution in [3.8, 4) is 0 Å². The first kappa shape index (κ1) is 17.9. The van der Waals surface area contributed by atoms with Gasteiger partial charge in [0, 0.05) is 11.4 Å². The van der Waals surface area contributed by atoms with Gasteiger partial charge in [0.25, 0.3) is 5.56 Å². The van der Waals surface area contributed by atoms with Crippen molar-refractivity contribution in [2.24, 2.45) is 0 Å². The number of aryl methyl sites for hydroxylation is 2. The van der Waals surface area contributed by atoms with E-state index in [1.165, 1.54) is 61.8 Å². The number of nitrogens with one attached hydrogen (secondary N) is 1. The van der Waals surface area contributed by atoms with E-state index in [2.05, 4.69) is 11.9 Å². The quantitative estimate of drug-likeness (QED) is 0.386. The van der Waals surface area contributed by atoms with Crippen molar-refractivity contribution in [3.05, 3.63) is 25.6 Å². The van der Waals surface area contributed by atoms with E-state index < -0.39 is 0 Å². The SMILES string of the molecule is CCCCCCCCn1c(=S)[nH]c2sc3c(c2c1=O)CCCCC3. The topological polar surface area (TPSA) is 37.8 Å². The molecule has 0 saturated carbocycles. The normalized spacial score (nSPS) is 14.7. The molecule has 2 aromatic heterocycles. The average Bonchev–Trinajstić information content (AvgIpc) is 2.75. The predicted molar refractivity (Wildman–Crippen MR) is 106 cm³/mol. The van der Waals surface area contributed by atoms with Gasteiger partial charge in [0.15, 0.2) is 4.77 Å². The maximum Gasteiger partial charge on any atom is 0.263 e. The van der Waals surface area contributed by atoms with E-state index in [-0.39, 0.29) is 5.56 Å². The molecule has 1 aliphatic carbocycles. The molecule has 0 radical (unpaired) electrons. The zero-order valence-corrected chi connectivity index (χ0v) is 16.3. The number of nitrogens with zero attached hydrogens (tertiary/aromatic N) is 1. The molecule has 1 N–H and O–H groups in total. The second-order valence-corrected chi connectivity index (χ2v) is 8.42. The van der Waals surface area contributed by atoms with Crippen molar-refractivity contribution in [1.29, 1.82) is 0 Å². The van der Waals surface area contributed by atoms with Crippen LogP contribution in [0.5, 0.6) is 0 Å². The van der Waals surface area contributed by atoms with Crippen LogP contribution in [0.4, 0.5) is 0 Å². The Balaban J connectivity index is 1.82. The molecule has 0 saturated heterocycles. The van der Waals surface area contributed by atoms with E-state index in [1.54, 1.807) is 15.9 Å². The smallest absolute Gasteiger partial charge is 0.263 e. The first-order valence-electron chi connectivity index (χ1n) is 9.49. The Hall–Kier alpha value is -0.940. The molecule has 0 fully saturated rings. The number of rotatable bonds is 7. The molecule has 5 heteroatoms. The summed E-state index contributed by atoms with van der Waals surface area (Å²) in [5.74, 6) is 0. The van der Waals surface area contributed by atoms with Crippen molar-refractivity contribution >= 4 is 33.8 Å². The van der Waals surface area contributed by atoms with E-state index in [1.807, 2.05) is 0 Å². The summed E-state index contributed by atoms with van der Waals surface area (Å²) >= 11 is 7.22. The molecule has 0 bridgehead atoms. The summed E-state index contributed by atoms with van der Waals surface area (Å²) in [5.41, 5.74) is 1.45. The largest absolute Gasteiger partial charge is 0.323 e. The highest BCUT2D eigenvalue weighted by Gasteiger charge is 2.19. The minimum absolute atomic E-state index is 0.140. The molecule has 0 aromatic carbocycles. The van der Waals surface area contributed by atoms with Crippen LogP contribution in [0.1, 0.15) is 75.2 Å². The van der Waals surface area contributed by atoms with Gasteiger partial charge in [0.2, 0.25) is 0 Å². The highest BCUT2D eigenvalue weighted by Crippen LogP contribution is 2.32. The van der Waals surface area contributed by atoms with Crippen molar-refractivity contribution in [1.82, 2.24) is 9.55 Å². The zero-order valence-electron chi connectivity index (χ0n) is 14.7. The number of hydrogen-bond acceptors (Lipinski definition) is 3. The Bertz CT molecular complexity index is 800. The highest BCUT2D eigenvalue weighted by molar-refractivity contribution is 7.71. The fourth-order valence-electron chi connectivity index (χ4n) is 3.70. The third-order valence-corrected chi connectivity index (χ3v) is 6.61. The number of thiophene rings is 1. The summed E-state index contributed by atoms with van der Waals surface area (Å²) in [6, 6.07) is 0. The molecule has 0 atom stereocenters. The molecule has 0 unspecified atom stereocenters. The van der Waals surface area contributed by atoms with Gasteiger partial charge in [0.1, 0.15) is 4.83 Å². The molecule has 1 aliphatic rings. The lowest BCUT2D eigenvalue weighted by Crippen LogP contribution is -2.22. The van der Waals surface area contributed by atoms with Crippen LogP contribution in [-0.2, 0) is 19.4 Å². The van der Waals surface area contributed by atoms with Gasteiger partial charge in [-0.05, 0) is 49.9 Å². The molecule has 2 aromatic rings. The Kier molecular flexibility index (Phi) is 6.28. The van der Waals surface area contributed by atoms with Gasteiger partial charge in [-0.1, -0.05) is 45.4 Å². The molecule has 24 heavy (non-hydrogen) atoms. The molecular formula is C19H28N2OS2. The second kappa shape index (κ2) is 8.43. The van der Waals surface area contributed by atoms with Gasteiger partial charge in [-0.2, -0.15) is 0 Å². The van der Waals surface area contributed by atoms with Gasteiger partial charge in [0.05, 0.1) is 5.39 Å². The van der Waals surface area contributed by atoms with E-state index in [9.17, 15) is 4.79 Å². The van der Waals surface area contributed by atoms with Crippen molar-refractivity contribution < 1.29 is 0 Å². The number of fused-ring (bicyclic) bond motifs is 3. The minimum Gasteiger partial charge on any atom is -0.323 e. The maximum absolute atomic E-state index is 13.0. The molecule has 0 amide bonds. The van der Waals surface area contributed by atoms with E-state index >= 15 is 0 Å². The number of unbranched alkanes of at least 4 members (excludes halogenated alkanes) is 5. The van der Waals surface area contributed by atoms with Crippen LogP contribution in [0.2, 0.25) is 0 Å². The van der Waals surface area contributed by atoms with Gasteiger partial charge in [-0.15, -0.1) is 11.3 Å². The van der Waals surface area contributed by atoms with Crippen molar-refractivity contribution in [2.45, 2.75) is 84.1 Å². The number of hydrogen-bond donors (Lipinski definition) is 1. The van der Waals surface area contributed by atoms with Crippen LogP contribution in [0.25, 0.3) is 10.2 Å². The summed E-state index contributed by atoms with van der Waals surface area (Å²) in [5, 5.41) is 0.927. The monoisotopic (exact) mass is 364 g/mol. The maximum atomic E-state index is 13.0. The van der Waals surface area contributed by atoms with Gasteiger partial charge >= 0.3 is 0 Å². The van der Waals surface area contributed by atoms with Crippen LogP contribution in [0, 0.1) is 4.77 Å². The summed E-state index contributed by atoms with van der Waals surface area (Å²) in [4.78, 5) is 18.8. The van der Waals surface area contributed by atoms with Gasteiger partial charge < -0.3 is 4.98 Å². The zero-order chi connectivity index (χ0) is 16.9. The predicted octanol–water partition coefficient (Wildman–Crippen LogP) is 5.75. The minimum atomic E-state index is 0.140. The second-order valence-electron chi connectivity index (χ2n) is 6.92. The Morgan fingerprint density at radius 3 is 2.67 bits per heavy atom. The third-order valence-electron chi connectivity index (χ3n) is 5.08. The standard InChI is InChI=1S/C19H28N2OS2/c1-2-3-4-5-6-10-13-21-18(22)16-14-11-8-7-9-12-15(14)24-17(16)20-19(21)23/h2-13H2,1H3,(H,20,23). The number of aromatic amines is 1. The summed E-state index contributed by atoms with van der Waals surface area (Å²) in [6.07, 6.45) is 13.2. The Morgan fingerprint density at radius 1 is 1.08 bits per heavy atom. The number of H-pyrrole nitrogens is 1. The van der Waals surface area contributed by atoms with Crippen molar-refractivity contribution in [2.75, 3.05) is 0 Å². The fourth-order valence-corrected chi connectivity index (χ4v) is 5.32. The van der Waals surface area contributed by atoms with Crippen LogP contribution < -0.4 is 5.56 Å². The molecule has 132 valence electrons. The molecule has 3 rings (SSSR count). The van der Waals surface area contributed by atoms with E-state index in [4.69, 9.17) is 12.2 Å². The molecule has 0 spiro atoms. The van der Waals surface area contributed by atoms with Crippen LogP contribution in [0.15, 0.2) is 4.79 Å². The lowest BCUT2D eigenvalue weighted by molar-refractivity contribution is 0.544.